The molecule has 1 atom stereocenters. The molecule has 2 rings (SSSR count). The van der Waals surface area contributed by atoms with Crippen molar-refractivity contribution in [2.75, 3.05) is 19.0 Å². The summed E-state index contributed by atoms with van der Waals surface area (Å²) in [6.07, 6.45) is 0.942. The molecule has 1 fully saturated rings. The third kappa shape index (κ3) is 2.70. The molecule has 0 spiro atoms. The fourth-order valence-corrected chi connectivity index (χ4v) is 2.81. The van der Waals surface area contributed by atoms with E-state index in [1.165, 1.54) is 0 Å². The van der Waals surface area contributed by atoms with Gasteiger partial charge in [0.2, 0.25) is 0 Å². The Labute approximate surface area is 115 Å². The zero-order chi connectivity index (χ0) is 12.4. The molecule has 0 saturated carbocycles. The van der Waals surface area contributed by atoms with E-state index in [0.717, 1.165) is 13.0 Å². The highest BCUT2D eigenvalue weighted by molar-refractivity contribution is 6.39. The van der Waals surface area contributed by atoms with Gasteiger partial charge in [0.1, 0.15) is 0 Å². The molecule has 0 bridgehead atoms. The monoisotopic (exact) mass is 291 g/mol. The van der Waals surface area contributed by atoms with E-state index in [0.29, 0.717) is 34.0 Å². The van der Waals surface area contributed by atoms with Crippen molar-refractivity contribution in [3.05, 3.63) is 33.8 Å². The number of rotatable bonds is 2. The lowest BCUT2D eigenvalue weighted by atomic mass is 10.1. The minimum atomic E-state index is -0.104. The molecule has 92 valence electrons. The maximum absolute atomic E-state index is 12.3. The Morgan fingerprint density at radius 2 is 2.00 bits per heavy atom. The number of hydrogen-bond donors (Lipinski definition) is 0. The number of nitrogens with zero attached hydrogens (tertiary/aromatic N) is 1. The van der Waals surface area contributed by atoms with Gasteiger partial charge in [0.25, 0.3) is 5.91 Å². The molecule has 0 aromatic heterocycles. The third-order valence-corrected chi connectivity index (χ3v) is 4.03. The third-order valence-electron chi connectivity index (χ3n) is 2.97. The van der Waals surface area contributed by atoms with Gasteiger partial charge in [-0.05, 0) is 24.5 Å². The van der Waals surface area contributed by atoms with E-state index in [1.807, 2.05) is 0 Å². The molecule has 1 saturated heterocycles. The number of hydrogen-bond acceptors (Lipinski definition) is 1. The van der Waals surface area contributed by atoms with Crippen LogP contribution in [-0.2, 0) is 0 Å². The summed E-state index contributed by atoms with van der Waals surface area (Å²) in [4.78, 5) is 14.0. The highest BCUT2D eigenvalue weighted by Gasteiger charge is 2.28. The number of amides is 1. The number of carbonyl (C=O) groups is 1. The van der Waals surface area contributed by atoms with Gasteiger partial charge >= 0.3 is 0 Å². The second-order valence-electron chi connectivity index (χ2n) is 4.16. The van der Waals surface area contributed by atoms with E-state index < -0.39 is 0 Å². The van der Waals surface area contributed by atoms with Crippen LogP contribution in [0, 0.1) is 5.92 Å². The van der Waals surface area contributed by atoms with Crippen LogP contribution in [0.1, 0.15) is 16.8 Å². The molecule has 1 aliphatic heterocycles. The van der Waals surface area contributed by atoms with Crippen molar-refractivity contribution >= 4 is 40.7 Å². The van der Waals surface area contributed by atoms with Crippen molar-refractivity contribution in [2.45, 2.75) is 6.42 Å². The summed E-state index contributed by atoms with van der Waals surface area (Å²) in [6.45, 7) is 1.40. The molecule has 0 aliphatic carbocycles. The molecule has 1 aromatic carbocycles. The minimum Gasteiger partial charge on any atom is -0.338 e. The average molecular weight is 293 g/mol. The van der Waals surface area contributed by atoms with Crippen LogP contribution >= 0.6 is 34.8 Å². The highest BCUT2D eigenvalue weighted by atomic mass is 35.5. The molecule has 1 aromatic rings. The molecule has 1 heterocycles. The largest absolute Gasteiger partial charge is 0.338 e. The molecule has 2 nitrogen and oxygen atoms in total. The second kappa shape index (κ2) is 5.47. The quantitative estimate of drug-likeness (QED) is 0.761. The summed E-state index contributed by atoms with van der Waals surface area (Å²) >= 11 is 17.8. The summed E-state index contributed by atoms with van der Waals surface area (Å²) in [6, 6.07) is 5.08. The first kappa shape index (κ1) is 13.0. The van der Waals surface area contributed by atoms with E-state index in [4.69, 9.17) is 34.8 Å². The molecule has 1 aliphatic rings. The lowest BCUT2D eigenvalue weighted by Crippen LogP contribution is -2.29. The first-order valence-electron chi connectivity index (χ1n) is 5.42. The maximum atomic E-state index is 12.3. The Hall–Kier alpha value is -0.440. The number of carbonyl (C=O) groups excluding carboxylic acids is 1. The lowest BCUT2D eigenvalue weighted by Gasteiger charge is -2.17. The van der Waals surface area contributed by atoms with Crippen LogP contribution in [0.4, 0.5) is 0 Å². The Kier molecular flexibility index (Phi) is 4.18. The predicted molar refractivity (Wildman–Crippen MR) is 71.2 cm³/mol. The van der Waals surface area contributed by atoms with Crippen molar-refractivity contribution < 1.29 is 4.79 Å². The van der Waals surface area contributed by atoms with E-state index in [-0.39, 0.29) is 5.91 Å². The number of alkyl halides is 1. The Balaban J connectivity index is 2.21. The van der Waals surface area contributed by atoms with E-state index >= 15 is 0 Å². The number of likely N-dealkylation sites (tertiary alicyclic amines) is 1. The van der Waals surface area contributed by atoms with Crippen molar-refractivity contribution in [3.8, 4) is 0 Å². The van der Waals surface area contributed by atoms with Crippen molar-refractivity contribution in [1.29, 1.82) is 0 Å². The topological polar surface area (TPSA) is 20.3 Å². The minimum absolute atomic E-state index is 0.104. The molecule has 5 heteroatoms. The van der Waals surface area contributed by atoms with E-state index in [2.05, 4.69) is 0 Å². The summed E-state index contributed by atoms with van der Waals surface area (Å²) in [5.41, 5.74) is 0.394. The molecular weight excluding hydrogens is 280 g/mol. The van der Waals surface area contributed by atoms with Crippen LogP contribution in [0.3, 0.4) is 0 Å². The Morgan fingerprint density at radius 3 is 2.53 bits per heavy atom. The van der Waals surface area contributed by atoms with E-state index in [1.54, 1.807) is 23.1 Å². The van der Waals surface area contributed by atoms with Crippen molar-refractivity contribution in [1.82, 2.24) is 4.90 Å². The van der Waals surface area contributed by atoms with Crippen LogP contribution in [-0.4, -0.2) is 29.8 Å². The van der Waals surface area contributed by atoms with Crippen LogP contribution in [0.25, 0.3) is 0 Å². The molecule has 0 N–H and O–H groups in total. The van der Waals surface area contributed by atoms with Gasteiger partial charge in [-0.1, -0.05) is 29.3 Å². The summed E-state index contributed by atoms with van der Waals surface area (Å²) in [7, 11) is 0. The first-order valence-corrected chi connectivity index (χ1v) is 6.71. The summed E-state index contributed by atoms with van der Waals surface area (Å²) < 4.78 is 0. The first-order chi connectivity index (χ1) is 8.13. The summed E-state index contributed by atoms with van der Waals surface area (Å²) in [5, 5.41) is 0.800. The van der Waals surface area contributed by atoms with Gasteiger partial charge < -0.3 is 4.90 Å². The molecule has 1 unspecified atom stereocenters. The highest BCUT2D eigenvalue weighted by Crippen LogP contribution is 2.28. The van der Waals surface area contributed by atoms with Crippen LogP contribution in [0.5, 0.6) is 0 Å². The normalized spacial score (nSPS) is 19.7. The Morgan fingerprint density at radius 1 is 1.35 bits per heavy atom. The molecule has 1 amide bonds. The lowest BCUT2D eigenvalue weighted by molar-refractivity contribution is 0.0788. The fourth-order valence-electron chi connectivity index (χ4n) is 2.00. The van der Waals surface area contributed by atoms with Gasteiger partial charge in [-0.25, -0.2) is 0 Å². The van der Waals surface area contributed by atoms with Crippen molar-refractivity contribution in [2.24, 2.45) is 5.92 Å². The number of halogens is 3. The number of benzene rings is 1. The van der Waals surface area contributed by atoms with Crippen LogP contribution < -0.4 is 0 Å². The summed E-state index contributed by atoms with van der Waals surface area (Å²) in [5.74, 6) is 0.857. The van der Waals surface area contributed by atoms with Gasteiger partial charge in [0.15, 0.2) is 0 Å². The Bertz CT molecular complexity index is 416. The van der Waals surface area contributed by atoms with Gasteiger partial charge in [-0.15, -0.1) is 11.6 Å². The van der Waals surface area contributed by atoms with Crippen LogP contribution in [0.2, 0.25) is 10.0 Å². The zero-order valence-electron chi connectivity index (χ0n) is 9.13. The van der Waals surface area contributed by atoms with Gasteiger partial charge in [-0.3, -0.25) is 4.79 Å². The van der Waals surface area contributed by atoms with Gasteiger partial charge in [-0.2, -0.15) is 0 Å². The fraction of sp³-hybridized carbons (Fsp3) is 0.417. The zero-order valence-corrected chi connectivity index (χ0v) is 11.4. The molecule has 0 radical (unpaired) electrons. The smallest absolute Gasteiger partial charge is 0.256 e. The molecule has 17 heavy (non-hydrogen) atoms. The standard InChI is InChI=1S/C12H12Cl3NO/c13-6-8-4-5-16(7-8)12(17)11-9(14)2-1-3-10(11)15/h1-3,8H,4-7H2. The second-order valence-corrected chi connectivity index (χ2v) is 5.28. The maximum Gasteiger partial charge on any atom is 0.256 e. The predicted octanol–water partition coefficient (Wildman–Crippen LogP) is 3.69. The van der Waals surface area contributed by atoms with Crippen LogP contribution in [0.15, 0.2) is 18.2 Å². The van der Waals surface area contributed by atoms with Gasteiger partial charge in [0.05, 0.1) is 15.6 Å². The molecular formula is C12H12Cl3NO. The SMILES string of the molecule is O=C(c1c(Cl)cccc1Cl)N1CCC(CCl)C1. The van der Waals surface area contributed by atoms with E-state index in [9.17, 15) is 4.79 Å². The van der Waals surface area contributed by atoms with Crippen molar-refractivity contribution in [3.63, 3.8) is 0 Å². The average Bonchev–Trinajstić information content (AvgIpc) is 2.77. The van der Waals surface area contributed by atoms with Gasteiger partial charge in [0, 0.05) is 19.0 Å².